The van der Waals surface area contributed by atoms with E-state index in [0.29, 0.717) is 29.6 Å². The molecule has 0 N–H and O–H groups in total. The van der Waals surface area contributed by atoms with Crippen LogP contribution in [-0.4, -0.2) is 18.5 Å². The average molecular weight is 248 g/mol. The van der Waals surface area contributed by atoms with Gasteiger partial charge in [0.1, 0.15) is 11.9 Å². The molecule has 1 aromatic carbocycles. The first-order chi connectivity index (χ1) is 8.48. The Kier molecular flexibility index (Phi) is 3.60. The van der Waals surface area contributed by atoms with E-state index in [2.05, 4.69) is 0 Å². The molecule has 0 aromatic heterocycles. The lowest BCUT2D eigenvalue weighted by Crippen LogP contribution is -2.23. The van der Waals surface area contributed by atoms with Crippen molar-refractivity contribution < 1.29 is 14.3 Å². The van der Waals surface area contributed by atoms with Crippen LogP contribution in [0.2, 0.25) is 0 Å². The number of carbonyl (C=O) groups excluding carboxylic acids is 1. The highest BCUT2D eigenvalue weighted by Gasteiger charge is 2.23. The maximum absolute atomic E-state index is 10.8. The van der Waals surface area contributed by atoms with Crippen molar-refractivity contribution >= 4 is 6.29 Å². The number of ether oxygens (including phenoxy) is 2. The van der Waals surface area contributed by atoms with Crippen molar-refractivity contribution in [1.29, 1.82) is 0 Å². The number of benzene rings is 1. The Balaban J connectivity index is 2.16. The number of aldehydes is 1. The highest BCUT2D eigenvalue weighted by atomic mass is 16.5. The van der Waals surface area contributed by atoms with Crippen molar-refractivity contribution in [2.45, 2.75) is 39.2 Å². The average Bonchev–Trinajstić information content (AvgIpc) is 3.09. The van der Waals surface area contributed by atoms with Crippen molar-refractivity contribution in [1.82, 2.24) is 0 Å². The minimum absolute atomic E-state index is 0.277. The first-order valence-corrected chi connectivity index (χ1v) is 6.39. The van der Waals surface area contributed by atoms with E-state index in [9.17, 15) is 4.79 Å². The van der Waals surface area contributed by atoms with Crippen molar-refractivity contribution in [2.24, 2.45) is 5.92 Å². The molecule has 3 heteroatoms. The SMILES string of the molecule is CC(C)(C)Oc1ccc(C=O)cc1OCC1CC1. The van der Waals surface area contributed by atoms with Crippen LogP contribution in [0.5, 0.6) is 11.5 Å². The molecule has 0 unspecified atom stereocenters. The molecule has 0 heterocycles. The molecule has 0 saturated heterocycles. The Morgan fingerprint density at radius 2 is 2.00 bits per heavy atom. The largest absolute Gasteiger partial charge is 0.489 e. The van der Waals surface area contributed by atoms with Gasteiger partial charge in [0.2, 0.25) is 0 Å². The summed E-state index contributed by atoms with van der Waals surface area (Å²) in [6.07, 6.45) is 3.30. The first-order valence-electron chi connectivity index (χ1n) is 6.39. The lowest BCUT2D eigenvalue weighted by atomic mass is 10.1. The third-order valence-corrected chi connectivity index (χ3v) is 2.69. The van der Waals surface area contributed by atoms with Gasteiger partial charge in [-0.15, -0.1) is 0 Å². The van der Waals surface area contributed by atoms with Crippen LogP contribution in [0.3, 0.4) is 0 Å². The first kappa shape index (κ1) is 12.9. The molecule has 0 aliphatic heterocycles. The van der Waals surface area contributed by atoms with Gasteiger partial charge >= 0.3 is 0 Å². The van der Waals surface area contributed by atoms with Gasteiger partial charge in [-0.1, -0.05) is 0 Å². The van der Waals surface area contributed by atoms with Crippen molar-refractivity contribution in [2.75, 3.05) is 6.61 Å². The van der Waals surface area contributed by atoms with E-state index < -0.39 is 0 Å². The smallest absolute Gasteiger partial charge is 0.162 e. The van der Waals surface area contributed by atoms with Gasteiger partial charge in [0.25, 0.3) is 0 Å². The summed E-state index contributed by atoms with van der Waals surface area (Å²) < 4.78 is 11.6. The van der Waals surface area contributed by atoms with E-state index in [1.165, 1.54) is 12.8 Å². The zero-order valence-electron chi connectivity index (χ0n) is 11.2. The van der Waals surface area contributed by atoms with Crippen LogP contribution < -0.4 is 9.47 Å². The van der Waals surface area contributed by atoms with E-state index in [0.717, 1.165) is 6.29 Å². The summed E-state index contributed by atoms with van der Waals surface area (Å²) in [5, 5.41) is 0. The molecule has 0 atom stereocenters. The predicted octanol–water partition coefficient (Wildman–Crippen LogP) is 3.47. The molecule has 1 fully saturated rings. The molecule has 0 radical (unpaired) electrons. The number of carbonyl (C=O) groups is 1. The molecule has 1 aromatic rings. The van der Waals surface area contributed by atoms with Crippen LogP contribution in [-0.2, 0) is 0 Å². The van der Waals surface area contributed by atoms with Crippen molar-refractivity contribution in [3.63, 3.8) is 0 Å². The highest BCUT2D eigenvalue weighted by molar-refractivity contribution is 5.76. The van der Waals surface area contributed by atoms with Crippen molar-refractivity contribution in [3.05, 3.63) is 23.8 Å². The lowest BCUT2D eigenvalue weighted by molar-refractivity contribution is 0.112. The van der Waals surface area contributed by atoms with Gasteiger partial charge < -0.3 is 9.47 Å². The fourth-order valence-electron chi connectivity index (χ4n) is 1.62. The summed E-state index contributed by atoms with van der Waals surface area (Å²) in [6.45, 7) is 6.69. The van der Waals surface area contributed by atoms with E-state index in [1.807, 2.05) is 20.8 Å². The maximum atomic E-state index is 10.8. The van der Waals surface area contributed by atoms with Crippen LogP contribution in [0.15, 0.2) is 18.2 Å². The Labute approximate surface area is 108 Å². The summed E-state index contributed by atoms with van der Waals surface area (Å²) in [6, 6.07) is 5.30. The van der Waals surface area contributed by atoms with E-state index >= 15 is 0 Å². The molecule has 1 aliphatic carbocycles. The minimum Gasteiger partial charge on any atom is -0.489 e. The topological polar surface area (TPSA) is 35.5 Å². The summed E-state index contributed by atoms with van der Waals surface area (Å²) in [5.41, 5.74) is 0.336. The number of hydrogen-bond donors (Lipinski definition) is 0. The van der Waals surface area contributed by atoms with Crippen LogP contribution in [0.1, 0.15) is 44.0 Å². The quantitative estimate of drug-likeness (QED) is 0.748. The Bertz CT molecular complexity index is 428. The Morgan fingerprint density at radius 1 is 1.28 bits per heavy atom. The second-order valence-corrected chi connectivity index (χ2v) is 5.79. The molecule has 2 rings (SSSR count). The molecule has 98 valence electrons. The normalized spacial score (nSPS) is 15.3. The fraction of sp³-hybridized carbons (Fsp3) is 0.533. The van der Waals surface area contributed by atoms with Gasteiger partial charge in [0.15, 0.2) is 11.5 Å². The van der Waals surface area contributed by atoms with E-state index in [1.54, 1.807) is 18.2 Å². The van der Waals surface area contributed by atoms with Crippen LogP contribution in [0.25, 0.3) is 0 Å². The Hall–Kier alpha value is -1.51. The fourth-order valence-corrected chi connectivity index (χ4v) is 1.62. The molecule has 1 aliphatic rings. The summed E-state index contributed by atoms with van der Waals surface area (Å²) in [4.78, 5) is 10.8. The van der Waals surface area contributed by atoms with Crippen molar-refractivity contribution in [3.8, 4) is 11.5 Å². The third kappa shape index (κ3) is 3.76. The number of hydrogen-bond acceptors (Lipinski definition) is 3. The van der Waals surface area contributed by atoms with Crippen LogP contribution in [0.4, 0.5) is 0 Å². The second-order valence-electron chi connectivity index (χ2n) is 5.79. The molecular formula is C15H20O3. The van der Waals surface area contributed by atoms with Crippen LogP contribution >= 0.6 is 0 Å². The lowest BCUT2D eigenvalue weighted by Gasteiger charge is -2.23. The van der Waals surface area contributed by atoms with Gasteiger partial charge in [0, 0.05) is 5.56 Å². The predicted molar refractivity (Wildman–Crippen MR) is 70.4 cm³/mol. The summed E-state index contributed by atoms with van der Waals surface area (Å²) >= 11 is 0. The zero-order valence-corrected chi connectivity index (χ0v) is 11.2. The van der Waals surface area contributed by atoms with E-state index in [4.69, 9.17) is 9.47 Å². The third-order valence-electron chi connectivity index (χ3n) is 2.69. The minimum atomic E-state index is -0.277. The second kappa shape index (κ2) is 5.01. The van der Waals surface area contributed by atoms with Gasteiger partial charge in [-0.2, -0.15) is 0 Å². The summed E-state index contributed by atoms with van der Waals surface area (Å²) in [5.74, 6) is 2.04. The molecule has 18 heavy (non-hydrogen) atoms. The standard InChI is InChI=1S/C15H20O3/c1-15(2,3)18-13-7-6-12(9-16)8-14(13)17-10-11-4-5-11/h6-9,11H,4-5,10H2,1-3H3. The molecule has 0 spiro atoms. The monoisotopic (exact) mass is 248 g/mol. The number of rotatable bonds is 5. The zero-order chi connectivity index (χ0) is 13.2. The van der Waals surface area contributed by atoms with Crippen LogP contribution in [0, 0.1) is 5.92 Å². The van der Waals surface area contributed by atoms with E-state index in [-0.39, 0.29) is 5.60 Å². The molecule has 3 nitrogen and oxygen atoms in total. The van der Waals surface area contributed by atoms with Gasteiger partial charge in [-0.05, 0) is 57.7 Å². The maximum Gasteiger partial charge on any atom is 0.162 e. The molecule has 1 saturated carbocycles. The highest BCUT2D eigenvalue weighted by Crippen LogP contribution is 2.34. The molecular weight excluding hydrogens is 228 g/mol. The summed E-state index contributed by atoms with van der Waals surface area (Å²) in [7, 11) is 0. The Morgan fingerprint density at radius 3 is 2.56 bits per heavy atom. The molecule has 0 bridgehead atoms. The van der Waals surface area contributed by atoms with Gasteiger partial charge in [-0.25, -0.2) is 0 Å². The van der Waals surface area contributed by atoms with Gasteiger partial charge in [-0.3, -0.25) is 4.79 Å². The van der Waals surface area contributed by atoms with Gasteiger partial charge in [0.05, 0.1) is 6.61 Å². The molecule has 0 amide bonds.